The third-order valence-corrected chi connectivity index (χ3v) is 4.47. The van der Waals surface area contributed by atoms with E-state index in [9.17, 15) is 0 Å². The summed E-state index contributed by atoms with van der Waals surface area (Å²) in [7, 11) is 0. The Bertz CT molecular complexity index is 486. The van der Waals surface area contributed by atoms with Crippen molar-refractivity contribution in [2.75, 3.05) is 0 Å². The molecule has 0 aromatic heterocycles. The minimum absolute atomic E-state index is 0.671. The highest BCUT2D eigenvalue weighted by atomic mass is 14.2. The van der Waals surface area contributed by atoms with Crippen LogP contribution >= 0.6 is 0 Å². The van der Waals surface area contributed by atoms with Crippen molar-refractivity contribution in [3.63, 3.8) is 0 Å². The van der Waals surface area contributed by atoms with Gasteiger partial charge in [-0.1, -0.05) is 101 Å². The predicted octanol–water partition coefficient (Wildman–Crippen LogP) is 7.57. The molecule has 2 aromatic rings. The van der Waals surface area contributed by atoms with Gasteiger partial charge in [0, 0.05) is 0 Å². The van der Waals surface area contributed by atoms with Crippen molar-refractivity contribution in [2.24, 2.45) is 0 Å². The molecule has 0 saturated heterocycles. The van der Waals surface area contributed by atoms with E-state index < -0.39 is 0 Å². The molecule has 0 heterocycles. The Labute approximate surface area is 144 Å². The second kappa shape index (κ2) is 11.9. The smallest absolute Gasteiger partial charge is 0.0162 e. The summed E-state index contributed by atoms with van der Waals surface area (Å²) >= 11 is 0. The maximum Gasteiger partial charge on any atom is -0.0162 e. The fourth-order valence-corrected chi connectivity index (χ4v) is 3.17. The molecule has 0 heteroatoms. The number of hydrogen-bond donors (Lipinski definition) is 0. The SMILES string of the molecule is CC.CCCC(CCCC(C)c1ccccc1)c1ccccc1. The predicted molar refractivity (Wildman–Crippen MR) is 104 cm³/mol. The van der Waals surface area contributed by atoms with Crippen LogP contribution < -0.4 is 0 Å². The van der Waals surface area contributed by atoms with E-state index >= 15 is 0 Å². The molecule has 0 N–H and O–H groups in total. The standard InChI is InChI=1S/C21H28.C2H6/c1-3-11-20(21-15-8-5-9-16-21)17-10-12-18(2)19-13-6-4-7-14-19;1-2/h4-9,13-16,18,20H,3,10-12,17H2,1-2H3;1-2H3. The van der Waals surface area contributed by atoms with E-state index in [1.807, 2.05) is 13.8 Å². The molecule has 0 spiro atoms. The lowest BCUT2D eigenvalue weighted by Gasteiger charge is -2.18. The van der Waals surface area contributed by atoms with E-state index in [-0.39, 0.29) is 0 Å². The van der Waals surface area contributed by atoms with Crippen molar-refractivity contribution in [3.8, 4) is 0 Å². The van der Waals surface area contributed by atoms with E-state index in [0.717, 1.165) is 5.92 Å². The van der Waals surface area contributed by atoms with Gasteiger partial charge in [-0.3, -0.25) is 0 Å². The maximum atomic E-state index is 2.35. The molecule has 0 bridgehead atoms. The highest BCUT2D eigenvalue weighted by molar-refractivity contribution is 5.20. The molecule has 0 fully saturated rings. The minimum atomic E-state index is 0.671. The van der Waals surface area contributed by atoms with Gasteiger partial charge in [0.25, 0.3) is 0 Å². The van der Waals surface area contributed by atoms with Crippen molar-refractivity contribution < 1.29 is 0 Å². The van der Waals surface area contributed by atoms with Gasteiger partial charge in [0.15, 0.2) is 0 Å². The van der Waals surface area contributed by atoms with Gasteiger partial charge in [0.1, 0.15) is 0 Å². The quantitative estimate of drug-likeness (QED) is 0.471. The van der Waals surface area contributed by atoms with Crippen LogP contribution in [0, 0.1) is 0 Å². The van der Waals surface area contributed by atoms with E-state index in [1.54, 1.807) is 0 Å². The highest BCUT2D eigenvalue weighted by Gasteiger charge is 2.11. The largest absolute Gasteiger partial charge is 0.0683 e. The summed E-state index contributed by atoms with van der Waals surface area (Å²) in [6.45, 7) is 8.65. The first kappa shape index (κ1) is 19.5. The summed E-state index contributed by atoms with van der Waals surface area (Å²) in [6.07, 6.45) is 6.50. The first-order valence-electron chi connectivity index (χ1n) is 9.41. The van der Waals surface area contributed by atoms with Crippen LogP contribution in [0.4, 0.5) is 0 Å². The lowest BCUT2D eigenvalue weighted by molar-refractivity contribution is 0.511. The van der Waals surface area contributed by atoms with Crippen LogP contribution in [0.1, 0.15) is 82.8 Å². The van der Waals surface area contributed by atoms with Gasteiger partial charge in [-0.2, -0.15) is 0 Å². The Morgan fingerprint density at radius 3 is 1.74 bits per heavy atom. The fourth-order valence-electron chi connectivity index (χ4n) is 3.17. The third-order valence-electron chi connectivity index (χ3n) is 4.47. The molecule has 0 aliphatic rings. The molecule has 0 radical (unpaired) electrons. The number of hydrogen-bond acceptors (Lipinski definition) is 0. The van der Waals surface area contributed by atoms with Crippen LogP contribution in [0.3, 0.4) is 0 Å². The zero-order valence-corrected chi connectivity index (χ0v) is 15.5. The highest BCUT2D eigenvalue weighted by Crippen LogP contribution is 2.29. The fraction of sp³-hybridized carbons (Fsp3) is 0.478. The van der Waals surface area contributed by atoms with Gasteiger partial charge in [0.05, 0.1) is 0 Å². The molecule has 0 aliphatic carbocycles. The molecule has 0 aliphatic heterocycles. The van der Waals surface area contributed by atoms with Gasteiger partial charge in [-0.15, -0.1) is 0 Å². The van der Waals surface area contributed by atoms with Crippen molar-refractivity contribution in [3.05, 3.63) is 71.8 Å². The van der Waals surface area contributed by atoms with Crippen LogP contribution in [0.2, 0.25) is 0 Å². The normalized spacial score (nSPS) is 12.9. The molecule has 23 heavy (non-hydrogen) atoms. The minimum Gasteiger partial charge on any atom is -0.0683 e. The Kier molecular flexibility index (Phi) is 10.1. The molecule has 2 atom stereocenters. The Balaban J connectivity index is 0.00000127. The van der Waals surface area contributed by atoms with Gasteiger partial charge in [-0.25, -0.2) is 0 Å². The molecular formula is C23H34. The van der Waals surface area contributed by atoms with Crippen molar-refractivity contribution >= 4 is 0 Å². The summed E-state index contributed by atoms with van der Waals surface area (Å²) in [4.78, 5) is 0. The van der Waals surface area contributed by atoms with Crippen LogP contribution in [0.5, 0.6) is 0 Å². The first-order chi connectivity index (χ1) is 11.3. The van der Waals surface area contributed by atoms with Gasteiger partial charge in [0.2, 0.25) is 0 Å². The summed E-state index contributed by atoms with van der Waals surface area (Å²) in [5.74, 6) is 1.41. The third kappa shape index (κ3) is 7.03. The zero-order valence-electron chi connectivity index (χ0n) is 15.5. The van der Waals surface area contributed by atoms with Gasteiger partial charge in [-0.05, 0) is 42.2 Å². The molecule has 0 nitrogen and oxygen atoms in total. The van der Waals surface area contributed by atoms with Crippen molar-refractivity contribution in [1.29, 1.82) is 0 Å². The summed E-state index contributed by atoms with van der Waals surface area (Å²) in [5.41, 5.74) is 3.00. The molecule has 0 amide bonds. The second-order valence-electron chi connectivity index (χ2n) is 6.14. The van der Waals surface area contributed by atoms with Gasteiger partial charge >= 0.3 is 0 Å². The van der Waals surface area contributed by atoms with E-state index in [0.29, 0.717) is 5.92 Å². The average Bonchev–Trinajstić information content (AvgIpc) is 2.64. The molecule has 126 valence electrons. The van der Waals surface area contributed by atoms with E-state index in [1.165, 1.54) is 43.2 Å². The van der Waals surface area contributed by atoms with Crippen molar-refractivity contribution in [2.45, 2.75) is 71.6 Å². The summed E-state index contributed by atoms with van der Waals surface area (Å²) in [6, 6.07) is 22.0. The number of rotatable bonds is 8. The average molecular weight is 311 g/mol. The van der Waals surface area contributed by atoms with Crippen LogP contribution in [0.25, 0.3) is 0 Å². The van der Waals surface area contributed by atoms with Gasteiger partial charge < -0.3 is 0 Å². The number of benzene rings is 2. The molecule has 0 saturated carbocycles. The Hall–Kier alpha value is -1.56. The Morgan fingerprint density at radius 1 is 0.696 bits per heavy atom. The monoisotopic (exact) mass is 310 g/mol. The summed E-state index contributed by atoms with van der Waals surface area (Å²) < 4.78 is 0. The van der Waals surface area contributed by atoms with Crippen LogP contribution in [-0.2, 0) is 0 Å². The molecule has 2 unspecified atom stereocenters. The topological polar surface area (TPSA) is 0 Å². The summed E-state index contributed by atoms with van der Waals surface area (Å²) in [5, 5.41) is 0. The maximum absolute atomic E-state index is 2.35. The second-order valence-corrected chi connectivity index (χ2v) is 6.14. The van der Waals surface area contributed by atoms with E-state index in [4.69, 9.17) is 0 Å². The molecule has 2 aromatic carbocycles. The molecule has 2 rings (SSSR count). The lowest BCUT2D eigenvalue weighted by atomic mass is 9.87. The first-order valence-corrected chi connectivity index (χ1v) is 9.41. The lowest BCUT2D eigenvalue weighted by Crippen LogP contribution is -2.00. The van der Waals surface area contributed by atoms with Crippen LogP contribution in [0.15, 0.2) is 60.7 Å². The Morgan fingerprint density at radius 2 is 1.22 bits per heavy atom. The van der Waals surface area contributed by atoms with E-state index in [2.05, 4.69) is 74.5 Å². The van der Waals surface area contributed by atoms with Crippen LogP contribution in [-0.4, -0.2) is 0 Å². The molecular weight excluding hydrogens is 276 g/mol. The zero-order chi connectivity index (χ0) is 16.9. The van der Waals surface area contributed by atoms with Crippen molar-refractivity contribution in [1.82, 2.24) is 0 Å².